The Morgan fingerprint density at radius 1 is 1.18 bits per heavy atom. The van der Waals surface area contributed by atoms with Crippen molar-refractivity contribution in [2.75, 3.05) is 0 Å². The van der Waals surface area contributed by atoms with E-state index in [4.69, 9.17) is 0 Å². The molecule has 2 aromatic rings. The minimum absolute atomic E-state index is 0.175. The lowest BCUT2D eigenvalue weighted by molar-refractivity contribution is 0.0634. The fourth-order valence-corrected chi connectivity index (χ4v) is 4.29. The first-order valence-corrected chi connectivity index (χ1v) is 8.61. The van der Waals surface area contributed by atoms with Crippen LogP contribution in [-0.2, 0) is 6.42 Å². The third kappa shape index (κ3) is 2.48. The normalized spacial score (nSPS) is 22.9. The molecule has 0 saturated heterocycles. The van der Waals surface area contributed by atoms with E-state index >= 15 is 0 Å². The SMILES string of the molecule is OC(CC1Cc2ccccc2-c2cncn21)C1CCCCC1. The summed E-state index contributed by atoms with van der Waals surface area (Å²) in [6, 6.07) is 8.93. The van der Waals surface area contributed by atoms with Gasteiger partial charge in [0.05, 0.1) is 24.3 Å². The molecule has 1 aliphatic carbocycles. The van der Waals surface area contributed by atoms with Crippen molar-refractivity contribution >= 4 is 0 Å². The molecule has 0 bridgehead atoms. The lowest BCUT2D eigenvalue weighted by Crippen LogP contribution is -2.28. The van der Waals surface area contributed by atoms with Crippen LogP contribution >= 0.6 is 0 Å². The minimum atomic E-state index is -0.175. The third-order valence-corrected chi connectivity index (χ3v) is 5.52. The Balaban J connectivity index is 1.56. The molecule has 4 rings (SSSR count). The Labute approximate surface area is 132 Å². The van der Waals surface area contributed by atoms with Gasteiger partial charge in [-0.25, -0.2) is 4.98 Å². The lowest BCUT2D eigenvalue weighted by atomic mass is 9.81. The van der Waals surface area contributed by atoms with Gasteiger partial charge in [-0.15, -0.1) is 0 Å². The van der Waals surface area contributed by atoms with Crippen LogP contribution in [0.1, 0.15) is 50.1 Å². The van der Waals surface area contributed by atoms with Crippen LogP contribution in [0.5, 0.6) is 0 Å². The van der Waals surface area contributed by atoms with E-state index in [1.807, 2.05) is 12.5 Å². The van der Waals surface area contributed by atoms with E-state index < -0.39 is 0 Å². The second kappa shape index (κ2) is 5.88. The van der Waals surface area contributed by atoms with Crippen LogP contribution in [0.15, 0.2) is 36.8 Å². The maximum atomic E-state index is 10.7. The summed E-state index contributed by atoms with van der Waals surface area (Å²) in [6.07, 6.45) is 11.9. The summed E-state index contributed by atoms with van der Waals surface area (Å²) in [7, 11) is 0. The van der Waals surface area contributed by atoms with Crippen LogP contribution in [0, 0.1) is 5.92 Å². The highest BCUT2D eigenvalue weighted by Crippen LogP contribution is 2.38. The Hall–Kier alpha value is -1.61. The molecular formula is C19H24N2O. The van der Waals surface area contributed by atoms with Gasteiger partial charge in [0.2, 0.25) is 0 Å². The highest BCUT2D eigenvalue weighted by atomic mass is 16.3. The molecular weight excluding hydrogens is 272 g/mol. The first kappa shape index (κ1) is 14.0. The second-order valence-electron chi connectivity index (χ2n) is 6.90. The Morgan fingerprint density at radius 3 is 2.86 bits per heavy atom. The van der Waals surface area contributed by atoms with Crippen molar-refractivity contribution in [3.05, 3.63) is 42.4 Å². The minimum Gasteiger partial charge on any atom is -0.393 e. The zero-order chi connectivity index (χ0) is 14.9. The number of aliphatic hydroxyl groups excluding tert-OH is 1. The van der Waals surface area contributed by atoms with Gasteiger partial charge in [0, 0.05) is 11.6 Å². The summed E-state index contributed by atoms with van der Waals surface area (Å²) >= 11 is 0. The summed E-state index contributed by atoms with van der Waals surface area (Å²) < 4.78 is 2.27. The molecule has 1 aromatic carbocycles. The molecule has 1 N–H and O–H groups in total. The van der Waals surface area contributed by atoms with Crippen LogP contribution < -0.4 is 0 Å². The highest BCUT2D eigenvalue weighted by molar-refractivity contribution is 5.65. The Bertz CT molecular complexity index is 642. The smallest absolute Gasteiger partial charge is 0.0953 e. The van der Waals surface area contributed by atoms with Crippen molar-refractivity contribution < 1.29 is 5.11 Å². The third-order valence-electron chi connectivity index (χ3n) is 5.52. The van der Waals surface area contributed by atoms with E-state index in [9.17, 15) is 5.11 Å². The van der Waals surface area contributed by atoms with E-state index in [0.717, 1.165) is 12.8 Å². The van der Waals surface area contributed by atoms with Gasteiger partial charge in [-0.3, -0.25) is 0 Å². The average molecular weight is 296 g/mol. The fourth-order valence-electron chi connectivity index (χ4n) is 4.29. The van der Waals surface area contributed by atoms with Gasteiger partial charge in [-0.05, 0) is 37.2 Å². The topological polar surface area (TPSA) is 38.1 Å². The summed E-state index contributed by atoms with van der Waals surface area (Å²) in [5.74, 6) is 0.498. The molecule has 1 aliphatic heterocycles. The number of nitrogens with zero attached hydrogens (tertiary/aromatic N) is 2. The van der Waals surface area contributed by atoms with Gasteiger partial charge in [-0.2, -0.15) is 0 Å². The predicted octanol–water partition coefficient (Wildman–Crippen LogP) is 3.98. The number of hydrogen-bond donors (Lipinski definition) is 1. The molecule has 3 heteroatoms. The van der Waals surface area contributed by atoms with E-state index in [-0.39, 0.29) is 6.10 Å². The number of imidazole rings is 1. The Morgan fingerprint density at radius 2 is 2.00 bits per heavy atom. The quantitative estimate of drug-likeness (QED) is 0.930. The van der Waals surface area contributed by atoms with Crippen LogP contribution in [-0.4, -0.2) is 20.8 Å². The van der Waals surface area contributed by atoms with Crippen molar-refractivity contribution in [1.29, 1.82) is 0 Å². The molecule has 22 heavy (non-hydrogen) atoms. The zero-order valence-corrected chi connectivity index (χ0v) is 13.0. The molecule has 2 aliphatic rings. The lowest BCUT2D eigenvalue weighted by Gasteiger charge is -2.33. The van der Waals surface area contributed by atoms with Crippen molar-refractivity contribution in [2.45, 2.75) is 57.1 Å². The number of aliphatic hydroxyl groups is 1. The predicted molar refractivity (Wildman–Crippen MR) is 87.6 cm³/mol. The van der Waals surface area contributed by atoms with Crippen molar-refractivity contribution in [3.63, 3.8) is 0 Å². The molecule has 3 nitrogen and oxygen atoms in total. The molecule has 0 amide bonds. The average Bonchev–Trinajstić information content (AvgIpc) is 3.06. The number of fused-ring (bicyclic) bond motifs is 3. The maximum absolute atomic E-state index is 10.7. The van der Waals surface area contributed by atoms with E-state index in [2.05, 4.69) is 33.8 Å². The molecule has 116 valence electrons. The summed E-state index contributed by atoms with van der Waals surface area (Å²) in [4.78, 5) is 4.35. The highest BCUT2D eigenvalue weighted by Gasteiger charge is 2.29. The molecule has 0 spiro atoms. The van der Waals surface area contributed by atoms with Crippen molar-refractivity contribution in [2.24, 2.45) is 5.92 Å². The summed E-state index contributed by atoms with van der Waals surface area (Å²) in [6.45, 7) is 0. The van der Waals surface area contributed by atoms with Gasteiger partial charge in [0.1, 0.15) is 0 Å². The van der Waals surface area contributed by atoms with Gasteiger partial charge in [0.25, 0.3) is 0 Å². The van der Waals surface area contributed by atoms with Crippen LogP contribution in [0.4, 0.5) is 0 Å². The van der Waals surface area contributed by atoms with E-state index in [1.165, 1.54) is 48.9 Å². The maximum Gasteiger partial charge on any atom is 0.0953 e. The number of aromatic nitrogens is 2. The second-order valence-corrected chi connectivity index (χ2v) is 6.90. The summed E-state index contributed by atoms with van der Waals surface area (Å²) in [5.41, 5.74) is 3.88. The fraction of sp³-hybridized carbons (Fsp3) is 0.526. The van der Waals surface area contributed by atoms with Crippen LogP contribution in [0.25, 0.3) is 11.3 Å². The van der Waals surface area contributed by atoms with Gasteiger partial charge >= 0.3 is 0 Å². The van der Waals surface area contributed by atoms with Crippen molar-refractivity contribution in [1.82, 2.24) is 9.55 Å². The number of benzene rings is 1. The number of hydrogen-bond acceptors (Lipinski definition) is 2. The number of rotatable bonds is 3. The van der Waals surface area contributed by atoms with E-state index in [0.29, 0.717) is 12.0 Å². The van der Waals surface area contributed by atoms with Gasteiger partial charge in [0.15, 0.2) is 0 Å². The molecule has 1 aromatic heterocycles. The molecule has 2 unspecified atom stereocenters. The monoisotopic (exact) mass is 296 g/mol. The standard InChI is InChI=1S/C19H24N2O/c22-19(14-6-2-1-3-7-14)11-16-10-15-8-4-5-9-17(15)18-12-20-13-21(16)18/h4-5,8-9,12-14,16,19,22H,1-3,6-7,10-11H2. The molecule has 2 atom stereocenters. The zero-order valence-electron chi connectivity index (χ0n) is 13.0. The van der Waals surface area contributed by atoms with E-state index in [1.54, 1.807) is 0 Å². The molecule has 2 heterocycles. The summed E-state index contributed by atoms with van der Waals surface area (Å²) in [5, 5.41) is 10.7. The molecule has 1 fully saturated rings. The van der Waals surface area contributed by atoms with Gasteiger partial charge < -0.3 is 9.67 Å². The first-order chi connectivity index (χ1) is 10.8. The first-order valence-electron chi connectivity index (χ1n) is 8.61. The molecule has 1 saturated carbocycles. The van der Waals surface area contributed by atoms with Crippen molar-refractivity contribution in [3.8, 4) is 11.3 Å². The largest absolute Gasteiger partial charge is 0.393 e. The van der Waals surface area contributed by atoms with Crippen LogP contribution in [0.2, 0.25) is 0 Å². The van der Waals surface area contributed by atoms with Crippen LogP contribution in [0.3, 0.4) is 0 Å². The molecule has 0 radical (unpaired) electrons. The van der Waals surface area contributed by atoms with Gasteiger partial charge in [-0.1, -0.05) is 43.5 Å². The Kier molecular flexibility index (Phi) is 3.75.